The number of hydrogen-bond acceptors (Lipinski definition) is 4. The Balaban J connectivity index is 1.93. The van der Waals surface area contributed by atoms with E-state index in [1.54, 1.807) is 6.07 Å². The smallest absolute Gasteiger partial charge is 0.253 e. The average Bonchev–Trinajstić information content (AvgIpc) is 2.77. The molecule has 0 radical (unpaired) electrons. The molecule has 0 aliphatic carbocycles. The van der Waals surface area contributed by atoms with Crippen LogP contribution in [0.3, 0.4) is 0 Å². The quantitative estimate of drug-likeness (QED) is 0.832. The zero-order valence-electron chi connectivity index (χ0n) is 12.8. The van der Waals surface area contributed by atoms with Crippen LogP contribution in [0.5, 0.6) is 0 Å². The van der Waals surface area contributed by atoms with E-state index in [0.29, 0.717) is 30.1 Å². The van der Waals surface area contributed by atoms with Crippen molar-refractivity contribution in [1.29, 1.82) is 0 Å². The van der Waals surface area contributed by atoms with Crippen molar-refractivity contribution >= 4 is 27.3 Å². The van der Waals surface area contributed by atoms with E-state index in [4.69, 9.17) is 11.6 Å². The maximum Gasteiger partial charge on any atom is 0.253 e. The minimum Gasteiger partial charge on any atom is -0.352 e. The molecule has 2 rings (SSSR count). The van der Waals surface area contributed by atoms with Gasteiger partial charge >= 0.3 is 0 Å². The molecule has 1 fully saturated rings. The number of nitrogens with one attached hydrogen (secondary N) is 1. The average molecular weight is 345 g/mol. The lowest BCUT2D eigenvalue weighted by Crippen LogP contribution is -2.27. The van der Waals surface area contributed by atoms with Gasteiger partial charge in [0.1, 0.15) is 5.15 Å². The number of nitrogens with zero attached hydrogens (tertiary/aromatic N) is 1. The van der Waals surface area contributed by atoms with Gasteiger partial charge in [-0.15, -0.1) is 0 Å². The highest BCUT2D eigenvalue weighted by molar-refractivity contribution is 7.91. The molecule has 0 aromatic carbocycles. The second-order valence-corrected chi connectivity index (χ2v) is 8.68. The molecule has 0 saturated carbocycles. The van der Waals surface area contributed by atoms with Crippen LogP contribution in [-0.4, -0.2) is 37.4 Å². The number of rotatable bonds is 5. The van der Waals surface area contributed by atoms with E-state index in [2.05, 4.69) is 10.3 Å². The molecule has 1 saturated heterocycles. The van der Waals surface area contributed by atoms with Gasteiger partial charge in [-0.1, -0.05) is 25.4 Å². The van der Waals surface area contributed by atoms with E-state index < -0.39 is 9.84 Å². The first-order valence-electron chi connectivity index (χ1n) is 7.42. The van der Waals surface area contributed by atoms with Crippen molar-refractivity contribution in [3.63, 3.8) is 0 Å². The van der Waals surface area contributed by atoms with Crippen molar-refractivity contribution in [2.24, 2.45) is 5.92 Å². The summed E-state index contributed by atoms with van der Waals surface area (Å²) in [6.07, 6.45) is 2.87. The highest BCUT2D eigenvalue weighted by atomic mass is 35.5. The van der Waals surface area contributed by atoms with Crippen LogP contribution in [0.4, 0.5) is 0 Å². The molecule has 1 aromatic rings. The standard InChI is InChI=1S/C15H21ClN2O3S/c1-10(2)12-7-14(16)18-8-13(12)15(19)17-5-3-11-4-6-22(20,21)9-11/h7-8,10-11H,3-6,9H2,1-2H3,(H,17,19). The highest BCUT2D eigenvalue weighted by Gasteiger charge is 2.27. The van der Waals surface area contributed by atoms with E-state index in [1.807, 2.05) is 13.8 Å². The number of hydrogen-bond donors (Lipinski definition) is 1. The molecule has 5 nitrogen and oxygen atoms in total. The molecule has 1 aliphatic rings. The lowest BCUT2D eigenvalue weighted by molar-refractivity contribution is 0.0950. The number of aromatic nitrogens is 1. The molecule has 1 aliphatic heterocycles. The molecule has 0 spiro atoms. The van der Waals surface area contributed by atoms with Gasteiger partial charge in [0.15, 0.2) is 9.84 Å². The van der Waals surface area contributed by atoms with Crippen molar-refractivity contribution < 1.29 is 13.2 Å². The Kier molecular flexibility index (Phi) is 5.45. The molecule has 1 amide bonds. The summed E-state index contributed by atoms with van der Waals surface area (Å²) in [7, 11) is -2.86. The fraction of sp³-hybridized carbons (Fsp3) is 0.600. The van der Waals surface area contributed by atoms with Gasteiger partial charge in [-0.3, -0.25) is 4.79 Å². The second kappa shape index (κ2) is 6.96. The van der Waals surface area contributed by atoms with Gasteiger partial charge in [-0.25, -0.2) is 13.4 Å². The van der Waals surface area contributed by atoms with Crippen molar-refractivity contribution in [2.45, 2.75) is 32.6 Å². The van der Waals surface area contributed by atoms with Crippen molar-refractivity contribution in [3.8, 4) is 0 Å². The maximum atomic E-state index is 12.3. The van der Waals surface area contributed by atoms with Gasteiger partial charge in [0, 0.05) is 12.7 Å². The maximum absolute atomic E-state index is 12.3. The largest absolute Gasteiger partial charge is 0.352 e. The van der Waals surface area contributed by atoms with Gasteiger partial charge in [0.25, 0.3) is 5.91 Å². The first kappa shape index (κ1) is 17.2. The topological polar surface area (TPSA) is 76.1 Å². The van der Waals surface area contributed by atoms with Crippen LogP contribution in [0.25, 0.3) is 0 Å². The Labute approximate surface area is 136 Å². The molecule has 2 heterocycles. The van der Waals surface area contributed by atoms with Crippen LogP contribution < -0.4 is 5.32 Å². The zero-order valence-corrected chi connectivity index (χ0v) is 14.4. The number of sulfone groups is 1. The summed E-state index contributed by atoms with van der Waals surface area (Å²) < 4.78 is 22.8. The van der Waals surface area contributed by atoms with Crippen molar-refractivity contribution in [3.05, 3.63) is 28.5 Å². The van der Waals surface area contributed by atoms with Crippen LogP contribution in [0.1, 0.15) is 48.5 Å². The minimum absolute atomic E-state index is 0.151. The summed E-state index contributed by atoms with van der Waals surface area (Å²) in [5.74, 6) is 0.639. The van der Waals surface area contributed by atoms with Crippen LogP contribution in [0, 0.1) is 5.92 Å². The summed E-state index contributed by atoms with van der Waals surface area (Å²) in [5, 5.41) is 3.22. The summed E-state index contributed by atoms with van der Waals surface area (Å²) in [5.41, 5.74) is 1.39. The molecule has 0 bridgehead atoms. The molecule has 1 aromatic heterocycles. The minimum atomic E-state index is -2.86. The summed E-state index contributed by atoms with van der Waals surface area (Å²) in [6, 6.07) is 1.71. The zero-order chi connectivity index (χ0) is 16.3. The molecule has 22 heavy (non-hydrogen) atoms. The summed E-state index contributed by atoms with van der Waals surface area (Å²) in [4.78, 5) is 16.2. The SMILES string of the molecule is CC(C)c1cc(Cl)ncc1C(=O)NCCC1CCS(=O)(=O)C1. The first-order chi connectivity index (χ1) is 10.3. The Morgan fingerprint density at radius 1 is 1.50 bits per heavy atom. The number of carbonyl (C=O) groups is 1. The Bertz CT molecular complexity index is 659. The second-order valence-electron chi connectivity index (χ2n) is 6.06. The third-order valence-corrected chi connectivity index (χ3v) is 5.98. The molecule has 1 N–H and O–H groups in total. The number of halogens is 1. The lowest BCUT2D eigenvalue weighted by Gasteiger charge is -2.13. The monoisotopic (exact) mass is 344 g/mol. The van der Waals surface area contributed by atoms with Gasteiger partial charge in [0.2, 0.25) is 0 Å². The number of amides is 1. The van der Waals surface area contributed by atoms with E-state index in [0.717, 1.165) is 5.56 Å². The number of pyridine rings is 1. The fourth-order valence-electron chi connectivity index (χ4n) is 2.70. The Morgan fingerprint density at radius 3 is 2.82 bits per heavy atom. The third-order valence-electron chi connectivity index (χ3n) is 3.93. The Morgan fingerprint density at radius 2 is 2.23 bits per heavy atom. The molecule has 1 atom stereocenters. The summed E-state index contributed by atoms with van der Waals surface area (Å²) in [6.45, 7) is 4.46. The number of carbonyl (C=O) groups excluding carboxylic acids is 1. The van der Waals surface area contributed by atoms with E-state index >= 15 is 0 Å². The third kappa shape index (κ3) is 4.43. The molecular weight excluding hydrogens is 324 g/mol. The van der Waals surface area contributed by atoms with Crippen molar-refractivity contribution in [2.75, 3.05) is 18.1 Å². The first-order valence-corrected chi connectivity index (χ1v) is 9.62. The van der Waals surface area contributed by atoms with Crippen LogP contribution in [0.2, 0.25) is 5.15 Å². The molecule has 1 unspecified atom stereocenters. The predicted octanol–water partition coefficient (Wildman–Crippen LogP) is 2.41. The molecular formula is C15H21ClN2O3S. The Hall–Kier alpha value is -1.14. The van der Waals surface area contributed by atoms with Crippen molar-refractivity contribution in [1.82, 2.24) is 10.3 Å². The summed E-state index contributed by atoms with van der Waals surface area (Å²) >= 11 is 5.88. The van der Waals surface area contributed by atoms with Gasteiger partial charge in [-0.05, 0) is 36.3 Å². The van der Waals surface area contributed by atoms with E-state index in [-0.39, 0.29) is 29.2 Å². The fourth-order valence-corrected chi connectivity index (χ4v) is 4.77. The molecule has 7 heteroatoms. The van der Waals surface area contributed by atoms with E-state index in [1.165, 1.54) is 6.20 Å². The highest BCUT2D eigenvalue weighted by Crippen LogP contribution is 2.23. The van der Waals surface area contributed by atoms with Gasteiger partial charge in [-0.2, -0.15) is 0 Å². The molecule has 122 valence electrons. The van der Waals surface area contributed by atoms with Gasteiger partial charge < -0.3 is 5.32 Å². The van der Waals surface area contributed by atoms with Gasteiger partial charge in [0.05, 0.1) is 17.1 Å². The normalized spacial score (nSPS) is 20.3. The van der Waals surface area contributed by atoms with E-state index in [9.17, 15) is 13.2 Å². The predicted molar refractivity (Wildman–Crippen MR) is 87.0 cm³/mol. The van der Waals surface area contributed by atoms with Crippen LogP contribution >= 0.6 is 11.6 Å². The van der Waals surface area contributed by atoms with Crippen LogP contribution in [0.15, 0.2) is 12.3 Å². The lowest BCUT2D eigenvalue weighted by atomic mass is 9.98. The van der Waals surface area contributed by atoms with Crippen LogP contribution in [-0.2, 0) is 9.84 Å².